The predicted molar refractivity (Wildman–Crippen MR) is 199 cm³/mol. The van der Waals surface area contributed by atoms with Gasteiger partial charge in [0.1, 0.15) is 0 Å². The van der Waals surface area contributed by atoms with Gasteiger partial charge in [0.25, 0.3) is 0 Å². The quantitative estimate of drug-likeness (QED) is 0.169. The van der Waals surface area contributed by atoms with E-state index in [9.17, 15) is 0 Å². The number of para-hydroxylation sites is 4. The number of hydrogen-bond acceptors (Lipinski definition) is 2. The molecule has 0 spiro atoms. The highest BCUT2D eigenvalue weighted by atomic mass is 15.2. The molecule has 0 bridgehead atoms. The van der Waals surface area contributed by atoms with Crippen LogP contribution >= 0.6 is 0 Å². The van der Waals surface area contributed by atoms with E-state index in [2.05, 4.69) is 155 Å². The molecule has 2 unspecified atom stereocenters. The highest BCUT2D eigenvalue weighted by Gasteiger charge is 2.44. The number of allylic oxidation sites excluding steroid dienone is 4. The summed E-state index contributed by atoms with van der Waals surface area (Å²) in [7, 11) is 0. The van der Waals surface area contributed by atoms with Gasteiger partial charge in [0.2, 0.25) is 0 Å². The minimum atomic E-state index is 0.146. The van der Waals surface area contributed by atoms with Crippen LogP contribution in [0, 0.1) is 0 Å². The molecule has 6 aliphatic rings. The lowest BCUT2D eigenvalue weighted by atomic mass is 9.74. The third kappa shape index (κ3) is 2.96. The first kappa shape index (κ1) is 25.3. The van der Waals surface area contributed by atoms with Crippen molar-refractivity contribution < 1.29 is 0 Å². The van der Waals surface area contributed by atoms with E-state index in [4.69, 9.17) is 0 Å². The highest BCUT2D eigenvalue weighted by molar-refractivity contribution is 6.14. The zero-order valence-corrected chi connectivity index (χ0v) is 26.3. The van der Waals surface area contributed by atoms with E-state index >= 15 is 0 Å². The lowest BCUT2D eigenvalue weighted by molar-refractivity contribution is 0.800. The number of rotatable bonds is 0. The maximum absolute atomic E-state index is 2.61. The number of nitrogens with zero attached hydrogens (tertiary/aromatic N) is 2. The van der Waals surface area contributed by atoms with Crippen LogP contribution in [0.2, 0.25) is 0 Å². The van der Waals surface area contributed by atoms with E-state index in [0.717, 1.165) is 12.8 Å². The lowest BCUT2D eigenvalue weighted by Gasteiger charge is -2.47. The maximum Gasteiger partial charge on any atom is 0.0854 e. The van der Waals surface area contributed by atoms with Gasteiger partial charge in [-0.05, 0) is 92.4 Å². The molecular weight excluding hydrogens is 581 g/mol. The molecule has 4 heterocycles. The summed E-state index contributed by atoms with van der Waals surface area (Å²) < 4.78 is 0. The van der Waals surface area contributed by atoms with Crippen molar-refractivity contribution in [3.8, 4) is 22.3 Å². The van der Waals surface area contributed by atoms with Gasteiger partial charge in [0, 0.05) is 45.0 Å². The van der Waals surface area contributed by atoms with Crippen LogP contribution < -0.4 is 9.80 Å². The van der Waals surface area contributed by atoms with Crippen molar-refractivity contribution in [2.45, 2.75) is 24.9 Å². The van der Waals surface area contributed by atoms with E-state index in [0.29, 0.717) is 0 Å². The Labute approximate surface area is 279 Å². The summed E-state index contributed by atoms with van der Waals surface area (Å²) in [5.41, 5.74) is 21.8. The first-order valence-electron chi connectivity index (χ1n) is 17.2. The fraction of sp³-hybridized carbons (Fsp3) is 0.0870. The SMILES string of the molecule is C1=C2C(=CC1)C1c3ccc4c5c(ccc4c3-c3ccccc3N1c1ccccc12)C1C2=CCC=C2c2ccccc2N1c1ccccc1-5. The van der Waals surface area contributed by atoms with Gasteiger partial charge >= 0.3 is 0 Å². The molecule has 0 N–H and O–H groups in total. The van der Waals surface area contributed by atoms with Crippen molar-refractivity contribution in [3.63, 3.8) is 0 Å². The van der Waals surface area contributed by atoms with Gasteiger partial charge < -0.3 is 9.80 Å². The molecule has 0 aromatic heterocycles. The number of fused-ring (bicyclic) bond motifs is 25. The van der Waals surface area contributed by atoms with Gasteiger partial charge in [-0.2, -0.15) is 0 Å². The molecule has 0 saturated heterocycles. The Kier molecular flexibility index (Phi) is 4.70. The van der Waals surface area contributed by atoms with Crippen LogP contribution in [0.3, 0.4) is 0 Å². The average molecular weight is 611 g/mol. The van der Waals surface area contributed by atoms with E-state index < -0.39 is 0 Å². The lowest BCUT2D eigenvalue weighted by Crippen LogP contribution is -2.34. The van der Waals surface area contributed by atoms with Crippen LogP contribution in [-0.4, -0.2) is 0 Å². The number of anilines is 4. The molecule has 224 valence electrons. The fourth-order valence-electron chi connectivity index (χ4n) is 9.93. The fourth-order valence-corrected chi connectivity index (χ4v) is 9.93. The third-order valence-electron chi connectivity index (χ3n) is 11.7. The predicted octanol–water partition coefficient (Wildman–Crippen LogP) is 12.0. The number of benzene rings is 6. The minimum Gasteiger partial charge on any atom is -0.329 e. The van der Waals surface area contributed by atoms with Crippen LogP contribution in [0.4, 0.5) is 22.7 Å². The molecule has 0 amide bonds. The Hall–Kier alpha value is -5.86. The second-order valence-corrected chi connectivity index (χ2v) is 13.8. The van der Waals surface area contributed by atoms with Crippen molar-refractivity contribution in [2.24, 2.45) is 0 Å². The maximum atomic E-state index is 2.61. The minimum absolute atomic E-state index is 0.146. The molecule has 2 atom stereocenters. The molecule has 2 nitrogen and oxygen atoms in total. The second-order valence-electron chi connectivity index (χ2n) is 13.8. The normalized spacial score (nSPS) is 19.9. The van der Waals surface area contributed by atoms with Crippen molar-refractivity contribution >= 4 is 44.7 Å². The van der Waals surface area contributed by atoms with Crippen LogP contribution in [0.1, 0.15) is 47.2 Å². The largest absolute Gasteiger partial charge is 0.329 e. The van der Waals surface area contributed by atoms with Crippen molar-refractivity contribution in [2.75, 3.05) is 9.80 Å². The Morgan fingerprint density at radius 2 is 0.750 bits per heavy atom. The third-order valence-corrected chi connectivity index (χ3v) is 11.7. The second kappa shape index (κ2) is 8.93. The summed E-state index contributed by atoms with van der Waals surface area (Å²) >= 11 is 0. The van der Waals surface area contributed by atoms with Crippen LogP contribution in [0.5, 0.6) is 0 Å². The molecule has 2 aliphatic carbocycles. The molecular formula is C46H30N2. The summed E-state index contributed by atoms with van der Waals surface area (Å²) in [6, 6.07) is 46.2. The standard InChI is InChI=1S/C46H30N2/c1-5-19-39-29(11-1)27-15-9-17-33(27)45-37-25-23-32-31(43(37)35-13-3-7-21-41(35)47(39)45)24-26-38-44(32)36-14-4-8-22-42(36)48-40-20-6-2-12-30(40)28-16-10-18-34(28)46(38)48/h1-8,11-26,45-46H,9-10H2. The Morgan fingerprint density at radius 1 is 0.375 bits per heavy atom. The Morgan fingerprint density at radius 3 is 1.19 bits per heavy atom. The monoisotopic (exact) mass is 610 g/mol. The van der Waals surface area contributed by atoms with E-state index in [-0.39, 0.29) is 12.1 Å². The molecule has 2 heteroatoms. The van der Waals surface area contributed by atoms with Gasteiger partial charge in [0.15, 0.2) is 0 Å². The van der Waals surface area contributed by atoms with Gasteiger partial charge in [0.05, 0.1) is 12.1 Å². The summed E-state index contributed by atoms with van der Waals surface area (Å²) in [4.78, 5) is 5.22. The van der Waals surface area contributed by atoms with E-state index in [1.165, 1.54) is 100 Å². The summed E-state index contributed by atoms with van der Waals surface area (Å²) in [5.74, 6) is 0. The van der Waals surface area contributed by atoms with Gasteiger partial charge in [-0.25, -0.2) is 0 Å². The highest BCUT2D eigenvalue weighted by Crippen LogP contribution is 2.62. The van der Waals surface area contributed by atoms with Gasteiger partial charge in [-0.15, -0.1) is 0 Å². The van der Waals surface area contributed by atoms with Gasteiger partial charge in [-0.3, -0.25) is 0 Å². The van der Waals surface area contributed by atoms with Crippen molar-refractivity contribution in [3.05, 3.63) is 179 Å². The summed E-state index contributed by atoms with van der Waals surface area (Å²) in [5, 5.41) is 2.69. The van der Waals surface area contributed by atoms with Crippen LogP contribution in [0.25, 0.3) is 44.2 Å². The van der Waals surface area contributed by atoms with Crippen LogP contribution in [-0.2, 0) is 0 Å². The van der Waals surface area contributed by atoms with Crippen molar-refractivity contribution in [1.29, 1.82) is 0 Å². The summed E-state index contributed by atoms with van der Waals surface area (Å²) in [6.07, 6.45) is 11.8. The van der Waals surface area contributed by atoms with Crippen LogP contribution in [0.15, 0.2) is 157 Å². The average Bonchev–Trinajstić information content (AvgIpc) is 3.85. The molecule has 6 aromatic carbocycles. The first-order chi connectivity index (χ1) is 23.9. The molecule has 0 fully saturated rings. The molecule has 12 rings (SSSR count). The topological polar surface area (TPSA) is 6.48 Å². The molecule has 0 radical (unpaired) electrons. The molecule has 0 saturated carbocycles. The van der Waals surface area contributed by atoms with Crippen molar-refractivity contribution in [1.82, 2.24) is 0 Å². The molecule has 4 aliphatic heterocycles. The van der Waals surface area contributed by atoms with E-state index in [1.807, 2.05) is 0 Å². The van der Waals surface area contributed by atoms with E-state index in [1.54, 1.807) is 0 Å². The molecule has 6 aromatic rings. The Bertz CT molecular complexity index is 2410. The Balaban J connectivity index is 1.16. The zero-order chi connectivity index (χ0) is 31.1. The van der Waals surface area contributed by atoms with Gasteiger partial charge in [-0.1, -0.05) is 121 Å². The summed E-state index contributed by atoms with van der Waals surface area (Å²) in [6.45, 7) is 0. The number of hydrogen-bond donors (Lipinski definition) is 0. The smallest absolute Gasteiger partial charge is 0.0854 e. The first-order valence-corrected chi connectivity index (χ1v) is 17.2. The zero-order valence-electron chi connectivity index (χ0n) is 26.3. The molecule has 48 heavy (non-hydrogen) atoms.